The molecule has 1 aromatic carbocycles. The fourth-order valence-corrected chi connectivity index (χ4v) is 1.76. The molecular formula is C11H13ClO5. The number of aliphatic hydroxyl groups is 1. The summed E-state index contributed by atoms with van der Waals surface area (Å²) in [6.07, 6.45) is -1.65. The normalized spacial score (nSPS) is 12.1. The van der Waals surface area contributed by atoms with Crippen LogP contribution < -0.4 is 9.47 Å². The second kappa shape index (κ2) is 5.25. The molecule has 0 aliphatic heterocycles. The van der Waals surface area contributed by atoms with Gasteiger partial charge in [-0.25, -0.2) is 4.79 Å². The van der Waals surface area contributed by atoms with Gasteiger partial charge in [0.05, 0.1) is 19.2 Å². The average Bonchev–Trinajstić information content (AvgIpc) is 2.31. The molecular weight excluding hydrogens is 248 g/mol. The van der Waals surface area contributed by atoms with Gasteiger partial charge in [0.1, 0.15) is 0 Å². The minimum atomic E-state index is -1.65. The molecule has 1 unspecified atom stereocenters. The van der Waals surface area contributed by atoms with Crippen molar-refractivity contribution < 1.29 is 24.5 Å². The van der Waals surface area contributed by atoms with Gasteiger partial charge in [-0.15, -0.1) is 0 Å². The van der Waals surface area contributed by atoms with E-state index in [9.17, 15) is 9.90 Å². The Kier molecular flexibility index (Phi) is 4.20. The maximum absolute atomic E-state index is 10.8. The van der Waals surface area contributed by atoms with Crippen molar-refractivity contribution in [3.63, 3.8) is 0 Å². The third kappa shape index (κ3) is 2.45. The Bertz CT molecular complexity index is 444. The highest BCUT2D eigenvalue weighted by atomic mass is 35.5. The van der Waals surface area contributed by atoms with Gasteiger partial charge in [-0.3, -0.25) is 0 Å². The van der Waals surface area contributed by atoms with Crippen LogP contribution in [0, 0.1) is 6.92 Å². The van der Waals surface area contributed by atoms with Gasteiger partial charge in [0.15, 0.2) is 17.6 Å². The maximum atomic E-state index is 10.8. The van der Waals surface area contributed by atoms with Crippen molar-refractivity contribution in [2.45, 2.75) is 13.0 Å². The van der Waals surface area contributed by atoms with Crippen LogP contribution in [0.5, 0.6) is 11.5 Å². The third-order valence-electron chi connectivity index (χ3n) is 2.42. The van der Waals surface area contributed by atoms with E-state index in [0.717, 1.165) is 0 Å². The summed E-state index contributed by atoms with van der Waals surface area (Å²) in [4.78, 5) is 10.8. The number of methoxy groups -OCH3 is 2. The number of ether oxygens (including phenoxy) is 2. The van der Waals surface area contributed by atoms with Crippen molar-refractivity contribution in [1.29, 1.82) is 0 Å². The van der Waals surface area contributed by atoms with Gasteiger partial charge >= 0.3 is 5.97 Å². The first-order valence-corrected chi connectivity index (χ1v) is 5.13. The van der Waals surface area contributed by atoms with Crippen molar-refractivity contribution in [2.75, 3.05) is 14.2 Å². The van der Waals surface area contributed by atoms with Gasteiger partial charge < -0.3 is 19.7 Å². The second-order valence-corrected chi connectivity index (χ2v) is 3.76. The molecule has 17 heavy (non-hydrogen) atoms. The molecule has 1 atom stereocenters. The predicted octanol–water partition coefficient (Wildman–Crippen LogP) is 1.78. The highest BCUT2D eigenvalue weighted by molar-refractivity contribution is 6.33. The van der Waals surface area contributed by atoms with Gasteiger partial charge in [-0.2, -0.15) is 0 Å². The Balaban J connectivity index is 3.44. The summed E-state index contributed by atoms with van der Waals surface area (Å²) >= 11 is 6.02. The van der Waals surface area contributed by atoms with Crippen LogP contribution in [0.15, 0.2) is 6.07 Å². The van der Waals surface area contributed by atoms with Crippen molar-refractivity contribution in [3.8, 4) is 11.5 Å². The van der Waals surface area contributed by atoms with Crippen molar-refractivity contribution >= 4 is 17.6 Å². The molecule has 0 aliphatic carbocycles. The van der Waals surface area contributed by atoms with Crippen molar-refractivity contribution in [2.24, 2.45) is 0 Å². The van der Waals surface area contributed by atoms with Crippen LogP contribution >= 0.6 is 11.6 Å². The Morgan fingerprint density at radius 3 is 2.41 bits per heavy atom. The lowest BCUT2D eigenvalue weighted by Gasteiger charge is -2.16. The first kappa shape index (κ1) is 13.6. The predicted molar refractivity (Wildman–Crippen MR) is 61.9 cm³/mol. The zero-order valence-electron chi connectivity index (χ0n) is 9.65. The van der Waals surface area contributed by atoms with Gasteiger partial charge in [-0.05, 0) is 18.6 Å². The van der Waals surface area contributed by atoms with E-state index in [2.05, 4.69) is 0 Å². The largest absolute Gasteiger partial charge is 0.493 e. The molecule has 2 N–H and O–H groups in total. The van der Waals surface area contributed by atoms with E-state index >= 15 is 0 Å². The van der Waals surface area contributed by atoms with Gasteiger partial charge in [0, 0.05) is 5.56 Å². The van der Waals surface area contributed by atoms with Crippen LogP contribution in [0.3, 0.4) is 0 Å². The van der Waals surface area contributed by atoms with E-state index in [1.807, 2.05) is 0 Å². The van der Waals surface area contributed by atoms with E-state index in [4.69, 9.17) is 26.2 Å². The van der Waals surface area contributed by atoms with Crippen LogP contribution in [-0.2, 0) is 4.79 Å². The van der Waals surface area contributed by atoms with E-state index in [0.29, 0.717) is 11.3 Å². The zero-order chi connectivity index (χ0) is 13.2. The number of hydrogen-bond donors (Lipinski definition) is 2. The first-order valence-electron chi connectivity index (χ1n) is 4.75. The standard InChI is InChI=1S/C11H13ClO5/c1-5-6(9(13)11(14)15)4-7(16-2)10(17-3)8(5)12/h4,9,13H,1-3H3,(H,14,15). The highest BCUT2D eigenvalue weighted by Gasteiger charge is 2.23. The summed E-state index contributed by atoms with van der Waals surface area (Å²) in [5.41, 5.74) is 0.624. The smallest absolute Gasteiger partial charge is 0.337 e. The molecule has 6 heteroatoms. The molecule has 0 spiro atoms. The molecule has 0 aromatic heterocycles. The molecule has 1 rings (SSSR count). The van der Waals surface area contributed by atoms with E-state index in [-0.39, 0.29) is 16.3 Å². The first-order chi connectivity index (χ1) is 7.93. The lowest BCUT2D eigenvalue weighted by atomic mass is 10.0. The molecule has 0 aliphatic rings. The van der Waals surface area contributed by atoms with Gasteiger partial charge in [0.2, 0.25) is 0 Å². The molecule has 5 nitrogen and oxygen atoms in total. The SMILES string of the molecule is COc1cc(C(O)C(=O)O)c(C)c(Cl)c1OC. The number of rotatable bonds is 4. The Labute approximate surface area is 104 Å². The number of aliphatic carboxylic acids is 1. The van der Waals surface area contributed by atoms with Crippen molar-refractivity contribution in [1.82, 2.24) is 0 Å². The summed E-state index contributed by atoms with van der Waals surface area (Å²) < 4.78 is 10.1. The van der Waals surface area contributed by atoms with Gasteiger partial charge in [0.25, 0.3) is 0 Å². The van der Waals surface area contributed by atoms with E-state index in [1.54, 1.807) is 6.92 Å². The molecule has 0 saturated heterocycles. The van der Waals surface area contributed by atoms with Crippen LogP contribution in [-0.4, -0.2) is 30.4 Å². The number of carbonyl (C=O) groups is 1. The molecule has 0 heterocycles. The van der Waals surface area contributed by atoms with Crippen LogP contribution in [0.25, 0.3) is 0 Å². The summed E-state index contributed by atoms with van der Waals surface area (Å²) in [6, 6.07) is 1.40. The second-order valence-electron chi connectivity index (χ2n) is 3.38. The van der Waals surface area contributed by atoms with Gasteiger partial charge in [-0.1, -0.05) is 11.6 Å². The molecule has 1 aromatic rings. The lowest BCUT2D eigenvalue weighted by Crippen LogP contribution is -2.12. The topological polar surface area (TPSA) is 76.0 Å². The van der Waals surface area contributed by atoms with E-state index < -0.39 is 12.1 Å². The fourth-order valence-electron chi connectivity index (χ4n) is 1.48. The molecule has 0 fully saturated rings. The van der Waals surface area contributed by atoms with Crippen LogP contribution in [0.4, 0.5) is 0 Å². The zero-order valence-corrected chi connectivity index (χ0v) is 10.4. The summed E-state index contributed by atoms with van der Waals surface area (Å²) in [7, 11) is 2.83. The minimum Gasteiger partial charge on any atom is -0.493 e. The van der Waals surface area contributed by atoms with Crippen LogP contribution in [0.1, 0.15) is 17.2 Å². The average molecular weight is 261 g/mol. The summed E-state index contributed by atoms with van der Waals surface area (Å²) in [5.74, 6) is -0.761. The van der Waals surface area contributed by atoms with E-state index in [1.165, 1.54) is 20.3 Å². The Hall–Kier alpha value is -1.46. The quantitative estimate of drug-likeness (QED) is 0.863. The highest BCUT2D eigenvalue weighted by Crippen LogP contribution is 2.40. The molecule has 0 amide bonds. The Morgan fingerprint density at radius 1 is 1.41 bits per heavy atom. The maximum Gasteiger partial charge on any atom is 0.337 e. The van der Waals surface area contributed by atoms with Crippen LogP contribution in [0.2, 0.25) is 5.02 Å². The summed E-state index contributed by atoms with van der Waals surface area (Å²) in [5, 5.41) is 18.5. The number of halogens is 1. The lowest BCUT2D eigenvalue weighted by molar-refractivity contribution is -0.147. The van der Waals surface area contributed by atoms with Crippen molar-refractivity contribution in [3.05, 3.63) is 22.2 Å². The molecule has 0 radical (unpaired) electrons. The minimum absolute atomic E-state index is 0.181. The number of hydrogen-bond acceptors (Lipinski definition) is 4. The number of carboxylic acids is 1. The number of benzene rings is 1. The fraction of sp³-hybridized carbons (Fsp3) is 0.364. The Morgan fingerprint density at radius 2 is 2.00 bits per heavy atom. The molecule has 0 saturated carbocycles. The molecule has 0 bridgehead atoms. The summed E-state index contributed by atoms with van der Waals surface area (Å²) in [6.45, 7) is 1.60. The molecule has 94 valence electrons. The number of carboxylic acid groups (broad SMARTS) is 1. The number of aliphatic hydroxyl groups excluding tert-OH is 1. The monoisotopic (exact) mass is 260 g/mol. The third-order valence-corrected chi connectivity index (χ3v) is 2.88.